The van der Waals surface area contributed by atoms with Crippen molar-refractivity contribution in [1.29, 1.82) is 0 Å². The van der Waals surface area contributed by atoms with Crippen molar-refractivity contribution in [2.75, 3.05) is 26.8 Å². The average Bonchev–Trinajstić information content (AvgIpc) is 2.41. The molecule has 0 saturated carbocycles. The maximum absolute atomic E-state index is 12.0. The van der Waals surface area contributed by atoms with Gasteiger partial charge in [0.05, 0.1) is 11.5 Å². The number of aryl methyl sites for hydroxylation is 1. The molecule has 7 heteroatoms. The van der Waals surface area contributed by atoms with Gasteiger partial charge in [0.2, 0.25) is 5.91 Å². The zero-order chi connectivity index (χ0) is 14.8. The molecule has 0 unspecified atom stereocenters. The highest BCUT2D eigenvalue weighted by Crippen LogP contribution is 2.15. The molecule has 1 aromatic rings. The van der Waals surface area contributed by atoms with E-state index in [0.29, 0.717) is 6.54 Å². The first-order valence-electron chi connectivity index (χ1n) is 6.20. The predicted octanol–water partition coefficient (Wildman–Crippen LogP) is 0.558. The van der Waals surface area contributed by atoms with Crippen molar-refractivity contribution in [1.82, 2.24) is 4.90 Å². The first-order chi connectivity index (χ1) is 9.38. The fraction of sp³-hybridized carbons (Fsp3) is 0.462. The lowest BCUT2D eigenvalue weighted by Crippen LogP contribution is -2.46. The Hall–Kier alpha value is -1.44. The molecular formula is C13H17NO5S. The van der Waals surface area contributed by atoms with Gasteiger partial charge in [0.25, 0.3) is 10.1 Å². The number of hydrogen-bond donors (Lipinski definition) is 0. The van der Waals surface area contributed by atoms with Crippen LogP contribution in [0.4, 0.5) is 0 Å². The van der Waals surface area contributed by atoms with E-state index < -0.39 is 16.2 Å². The smallest absolute Gasteiger partial charge is 0.297 e. The van der Waals surface area contributed by atoms with E-state index in [1.165, 1.54) is 17.0 Å². The van der Waals surface area contributed by atoms with Gasteiger partial charge in [0.15, 0.2) is 0 Å². The van der Waals surface area contributed by atoms with Crippen molar-refractivity contribution in [3.05, 3.63) is 29.8 Å². The van der Waals surface area contributed by atoms with Crippen LogP contribution in [0.1, 0.15) is 5.56 Å². The summed E-state index contributed by atoms with van der Waals surface area (Å²) in [6.07, 6.45) is -0.432. The van der Waals surface area contributed by atoms with Crippen LogP contribution in [-0.4, -0.2) is 52.1 Å². The number of hydrogen-bond acceptors (Lipinski definition) is 5. The number of benzene rings is 1. The lowest BCUT2D eigenvalue weighted by Gasteiger charge is -2.29. The minimum atomic E-state index is -3.79. The van der Waals surface area contributed by atoms with Crippen molar-refractivity contribution >= 4 is 16.0 Å². The highest BCUT2D eigenvalue weighted by atomic mass is 32.2. The summed E-state index contributed by atoms with van der Waals surface area (Å²) in [7, 11) is -2.15. The fourth-order valence-corrected chi connectivity index (χ4v) is 2.74. The Morgan fingerprint density at radius 2 is 2.00 bits per heavy atom. The van der Waals surface area contributed by atoms with Crippen LogP contribution in [0.3, 0.4) is 0 Å². The third-order valence-electron chi connectivity index (χ3n) is 3.06. The van der Waals surface area contributed by atoms with Gasteiger partial charge in [-0.25, -0.2) is 0 Å². The zero-order valence-electron chi connectivity index (χ0n) is 11.4. The number of nitrogens with zero attached hydrogens (tertiary/aromatic N) is 1. The van der Waals surface area contributed by atoms with Gasteiger partial charge in [0, 0.05) is 13.6 Å². The molecule has 110 valence electrons. The molecule has 0 aromatic heterocycles. The lowest BCUT2D eigenvalue weighted by molar-refractivity contribution is -0.148. The molecule has 6 nitrogen and oxygen atoms in total. The normalized spacial score (nSPS) is 20.2. The van der Waals surface area contributed by atoms with Crippen molar-refractivity contribution in [2.24, 2.45) is 0 Å². The number of morpholine rings is 1. The molecule has 0 aliphatic carbocycles. The molecule has 1 fully saturated rings. The van der Waals surface area contributed by atoms with Crippen LogP contribution in [0.2, 0.25) is 0 Å². The molecular weight excluding hydrogens is 282 g/mol. The van der Waals surface area contributed by atoms with Crippen LogP contribution < -0.4 is 0 Å². The van der Waals surface area contributed by atoms with Gasteiger partial charge >= 0.3 is 0 Å². The van der Waals surface area contributed by atoms with Crippen LogP contribution in [-0.2, 0) is 23.8 Å². The first kappa shape index (κ1) is 15.0. The van der Waals surface area contributed by atoms with Gasteiger partial charge in [-0.1, -0.05) is 17.7 Å². The summed E-state index contributed by atoms with van der Waals surface area (Å²) >= 11 is 0. The molecule has 1 amide bonds. The van der Waals surface area contributed by atoms with Crippen LogP contribution in [0, 0.1) is 6.92 Å². The molecule has 0 radical (unpaired) electrons. The maximum Gasteiger partial charge on any atom is 0.297 e. The van der Waals surface area contributed by atoms with Crippen LogP contribution in [0.15, 0.2) is 29.2 Å². The average molecular weight is 299 g/mol. The van der Waals surface area contributed by atoms with Crippen LogP contribution >= 0.6 is 0 Å². The number of amides is 1. The third kappa shape index (κ3) is 3.56. The monoisotopic (exact) mass is 299 g/mol. The summed E-state index contributed by atoms with van der Waals surface area (Å²) in [6, 6.07) is 6.42. The Morgan fingerprint density at radius 1 is 1.35 bits per heavy atom. The summed E-state index contributed by atoms with van der Waals surface area (Å²) in [4.78, 5) is 12.8. The fourth-order valence-electron chi connectivity index (χ4n) is 1.80. The van der Waals surface area contributed by atoms with Crippen LogP contribution in [0.25, 0.3) is 0 Å². The second-order valence-electron chi connectivity index (χ2n) is 4.76. The van der Waals surface area contributed by atoms with E-state index in [4.69, 9.17) is 8.92 Å². The van der Waals surface area contributed by atoms with Gasteiger partial charge < -0.3 is 9.64 Å². The minimum Gasteiger partial charge on any atom is -0.364 e. The Labute approximate surface area is 118 Å². The van der Waals surface area contributed by atoms with Crippen molar-refractivity contribution < 1.29 is 22.1 Å². The van der Waals surface area contributed by atoms with E-state index in [0.717, 1.165) is 5.56 Å². The summed E-state index contributed by atoms with van der Waals surface area (Å²) < 4.78 is 34.2. The van der Waals surface area contributed by atoms with Gasteiger partial charge in [-0.2, -0.15) is 8.42 Å². The SMILES string of the molecule is Cc1ccc(S(=O)(=O)OC[C@@H]2CN(C)C(=O)CO2)cc1. The Balaban J connectivity index is 1.96. The van der Waals surface area contributed by atoms with Crippen molar-refractivity contribution in [3.63, 3.8) is 0 Å². The lowest BCUT2D eigenvalue weighted by atomic mass is 10.2. The predicted molar refractivity (Wildman–Crippen MR) is 71.7 cm³/mol. The minimum absolute atomic E-state index is 0.0465. The van der Waals surface area contributed by atoms with E-state index in [1.807, 2.05) is 6.92 Å². The first-order valence-corrected chi connectivity index (χ1v) is 7.61. The van der Waals surface area contributed by atoms with E-state index in [2.05, 4.69) is 0 Å². The van der Waals surface area contributed by atoms with Gasteiger partial charge in [-0.15, -0.1) is 0 Å². The molecule has 2 rings (SSSR count). The van der Waals surface area contributed by atoms with E-state index in [-0.39, 0.29) is 24.0 Å². The standard InChI is InChI=1S/C13H17NO5S/c1-10-3-5-12(6-4-10)20(16,17)19-8-11-7-14(2)13(15)9-18-11/h3-6,11H,7-9H2,1-2H3/t11-/m0/s1. The molecule has 1 aromatic carbocycles. The quantitative estimate of drug-likeness (QED) is 0.760. The summed E-state index contributed by atoms with van der Waals surface area (Å²) in [5, 5.41) is 0. The molecule has 1 aliphatic heterocycles. The van der Waals surface area contributed by atoms with Gasteiger partial charge in [0.1, 0.15) is 12.7 Å². The number of likely N-dealkylation sites (N-methyl/N-ethyl adjacent to an activating group) is 1. The second-order valence-corrected chi connectivity index (χ2v) is 6.37. The number of rotatable bonds is 4. The molecule has 1 atom stereocenters. The maximum atomic E-state index is 12.0. The molecule has 1 saturated heterocycles. The topological polar surface area (TPSA) is 72.9 Å². The molecule has 1 aliphatic rings. The molecule has 20 heavy (non-hydrogen) atoms. The van der Waals surface area contributed by atoms with E-state index in [1.54, 1.807) is 19.2 Å². The summed E-state index contributed by atoms with van der Waals surface area (Å²) in [5.74, 6) is -0.123. The number of ether oxygens (including phenoxy) is 1. The van der Waals surface area contributed by atoms with E-state index >= 15 is 0 Å². The van der Waals surface area contributed by atoms with Gasteiger partial charge in [-0.3, -0.25) is 8.98 Å². The Bertz CT molecular complexity index is 581. The largest absolute Gasteiger partial charge is 0.364 e. The molecule has 1 heterocycles. The van der Waals surface area contributed by atoms with E-state index in [9.17, 15) is 13.2 Å². The van der Waals surface area contributed by atoms with Gasteiger partial charge in [-0.05, 0) is 19.1 Å². The Kier molecular flexibility index (Phi) is 4.42. The summed E-state index contributed by atoms with van der Waals surface area (Å²) in [6.45, 7) is 2.05. The summed E-state index contributed by atoms with van der Waals surface area (Å²) in [5.41, 5.74) is 0.972. The second kappa shape index (κ2) is 5.90. The highest BCUT2D eigenvalue weighted by molar-refractivity contribution is 7.86. The Morgan fingerprint density at radius 3 is 2.60 bits per heavy atom. The van der Waals surface area contributed by atoms with Crippen molar-refractivity contribution in [2.45, 2.75) is 17.9 Å². The zero-order valence-corrected chi connectivity index (χ0v) is 12.2. The number of carbonyl (C=O) groups is 1. The molecule has 0 bridgehead atoms. The number of carbonyl (C=O) groups excluding carboxylic acids is 1. The third-order valence-corrected chi connectivity index (χ3v) is 4.36. The molecule has 0 N–H and O–H groups in total. The van der Waals surface area contributed by atoms with Crippen molar-refractivity contribution in [3.8, 4) is 0 Å². The highest BCUT2D eigenvalue weighted by Gasteiger charge is 2.26. The molecule has 0 spiro atoms. The van der Waals surface area contributed by atoms with Crippen LogP contribution in [0.5, 0.6) is 0 Å².